The number of hydrogen-bond acceptors (Lipinski definition) is 6. The summed E-state index contributed by atoms with van der Waals surface area (Å²) >= 11 is 1.53. The molecule has 0 radical (unpaired) electrons. The number of nitrogens with zero attached hydrogens (tertiary/aromatic N) is 2. The second-order valence-electron chi connectivity index (χ2n) is 7.84. The molecule has 3 heterocycles. The number of thioether (sulfide) groups is 1. The fourth-order valence-electron chi connectivity index (χ4n) is 4.36. The molecule has 1 saturated heterocycles. The molecular weight excluding hydrogens is 446 g/mol. The lowest BCUT2D eigenvalue weighted by atomic mass is 9.90. The van der Waals surface area contributed by atoms with E-state index >= 15 is 0 Å². The van der Waals surface area contributed by atoms with Crippen molar-refractivity contribution in [2.45, 2.75) is 46.5 Å². The predicted octanol–water partition coefficient (Wildman–Crippen LogP) is 4.42. The first-order chi connectivity index (χ1) is 15.1. The van der Waals surface area contributed by atoms with Crippen molar-refractivity contribution in [3.63, 3.8) is 0 Å². The lowest BCUT2D eigenvalue weighted by molar-refractivity contribution is 0.0694. The molecule has 1 fully saturated rings. The van der Waals surface area contributed by atoms with Crippen LogP contribution in [0.1, 0.15) is 55.9 Å². The second-order valence-corrected chi connectivity index (χ2v) is 8.82. The third-order valence-electron chi connectivity index (χ3n) is 5.68. The maximum absolute atomic E-state index is 8.69. The number of nitrogens with one attached hydrogen (secondary N) is 3. The number of hydrogen-bond donors (Lipinski definition) is 3. The van der Waals surface area contributed by atoms with Crippen LogP contribution in [-0.2, 0) is 17.6 Å². The van der Waals surface area contributed by atoms with Crippen molar-refractivity contribution >= 4 is 46.7 Å². The third kappa shape index (κ3) is 4.54. The van der Waals surface area contributed by atoms with E-state index in [0.29, 0.717) is 25.7 Å². The van der Waals surface area contributed by atoms with E-state index in [1.165, 1.54) is 22.9 Å². The van der Waals surface area contributed by atoms with Gasteiger partial charge in [0.05, 0.1) is 36.0 Å². The Labute approximate surface area is 200 Å². The minimum absolute atomic E-state index is 0. The fraction of sp³-hybridized carbons (Fsp3) is 0.522. The molecule has 3 aliphatic rings. The van der Waals surface area contributed by atoms with Crippen molar-refractivity contribution in [1.29, 1.82) is 10.8 Å². The van der Waals surface area contributed by atoms with E-state index in [-0.39, 0.29) is 18.2 Å². The average molecular weight is 478 g/mol. The summed E-state index contributed by atoms with van der Waals surface area (Å²) in [7, 11) is 0. The van der Waals surface area contributed by atoms with Crippen LogP contribution in [0.3, 0.4) is 0 Å². The standard InChI is InChI=1S/C23H31N5O2S.ClH/c1-4-7-14-13-16(30-6-3)18-17(15(14)8-5-2)19(26-21(18)24)20-22(25)27-23(31-20)28-9-11-29-12-10-28;/h13,25H,4-12H2,1-3H3,(H2,24,26);1H/b20-19+,25-22?;. The van der Waals surface area contributed by atoms with Crippen LogP contribution in [0.5, 0.6) is 5.75 Å². The van der Waals surface area contributed by atoms with Crippen LogP contribution >= 0.6 is 24.2 Å². The molecule has 174 valence electrons. The van der Waals surface area contributed by atoms with E-state index in [1.54, 1.807) is 0 Å². The van der Waals surface area contributed by atoms with Gasteiger partial charge in [-0.25, -0.2) is 4.99 Å². The number of ether oxygens (including phenoxy) is 2. The van der Waals surface area contributed by atoms with Crippen molar-refractivity contribution in [1.82, 2.24) is 10.2 Å². The van der Waals surface area contributed by atoms with E-state index in [4.69, 9.17) is 20.3 Å². The molecule has 1 aromatic carbocycles. The molecule has 0 spiro atoms. The largest absolute Gasteiger partial charge is 0.493 e. The Hall–Kier alpha value is -2.03. The van der Waals surface area contributed by atoms with Crippen molar-refractivity contribution in [3.05, 3.63) is 33.2 Å². The summed E-state index contributed by atoms with van der Waals surface area (Å²) in [5.41, 5.74) is 5.25. The molecule has 3 N–H and O–H groups in total. The molecule has 9 heteroatoms. The van der Waals surface area contributed by atoms with Crippen LogP contribution in [-0.4, -0.2) is 54.6 Å². The van der Waals surface area contributed by atoms with E-state index in [9.17, 15) is 0 Å². The first kappa shape index (κ1) is 24.6. The van der Waals surface area contributed by atoms with E-state index in [0.717, 1.165) is 71.4 Å². The Kier molecular flexibility index (Phi) is 8.25. The van der Waals surface area contributed by atoms with Gasteiger partial charge in [-0.2, -0.15) is 0 Å². The van der Waals surface area contributed by atoms with Gasteiger partial charge in [-0.3, -0.25) is 10.8 Å². The van der Waals surface area contributed by atoms with Crippen LogP contribution in [0.25, 0.3) is 5.70 Å². The molecule has 0 aliphatic carbocycles. The molecular formula is C23H32ClN5O2S. The van der Waals surface area contributed by atoms with Gasteiger partial charge in [-0.1, -0.05) is 26.7 Å². The molecule has 0 amide bonds. The second kappa shape index (κ2) is 10.7. The highest BCUT2D eigenvalue weighted by atomic mass is 35.5. The summed E-state index contributed by atoms with van der Waals surface area (Å²) < 4.78 is 11.4. The monoisotopic (exact) mass is 477 g/mol. The lowest BCUT2D eigenvalue weighted by Gasteiger charge is -2.27. The van der Waals surface area contributed by atoms with Gasteiger partial charge in [-0.15, -0.1) is 12.4 Å². The maximum Gasteiger partial charge on any atom is 0.171 e. The molecule has 0 aromatic heterocycles. The zero-order valence-corrected chi connectivity index (χ0v) is 20.6. The molecule has 0 atom stereocenters. The number of morpholine rings is 1. The summed E-state index contributed by atoms with van der Waals surface area (Å²) in [6, 6.07) is 2.13. The van der Waals surface area contributed by atoms with Crippen LogP contribution < -0.4 is 10.1 Å². The van der Waals surface area contributed by atoms with Crippen LogP contribution in [0, 0.1) is 10.8 Å². The molecule has 0 unspecified atom stereocenters. The van der Waals surface area contributed by atoms with Crippen LogP contribution in [0.15, 0.2) is 16.0 Å². The highest BCUT2D eigenvalue weighted by Gasteiger charge is 2.36. The lowest BCUT2D eigenvalue weighted by Crippen LogP contribution is -2.38. The van der Waals surface area contributed by atoms with Gasteiger partial charge in [0.25, 0.3) is 0 Å². The van der Waals surface area contributed by atoms with E-state index in [1.807, 2.05) is 6.92 Å². The Morgan fingerprint density at radius 3 is 2.50 bits per heavy atom. The minimum atomic E-state index is 0. The number of halogens is 1. The summed E-state index contributed by atoms with van der Waals surface area (Å²) in [5.74, 6) is 1.36. The van der Waals surface area contributed by atoms with Gasteiger partial charge >= 0.3 is 0 Å². The molecule has 7 nitrogen and oxygen atoms in total. The highest BCUT2D eigenvalue weighted by Crippen LogP contribution is 2.43. The number of benzene rings is 1. The smallest absolute Gasteiger partial charge is 0.171 e. The normalized spacial score (nSPS) is 20.1. The summed E-state index contributed by atoms with van der Waals surface area (Å²) in [4.78, 5) is 7.54. The Bertz CT molecular complexity index is 970. The van der Waals surface area contributed by atoms with E-state index < -0.39 is 0 Å². The molecule has 1 aromatic rings. The Morgan fingerprint density at radius 2 is 1.84 bits per heavy atom. The zero-order valence-electron chi connectivity index (χ0n) is 19.0. The first-order valence-electron chi connectivity index (χ1n) is 11.2. The van der Waals surface area contributed by atoms with Crippen LogP contribution in [0.2, 0.25) is 0 Å². The summed E-state index contributed by atoms with van der Waals surface area (Å²) in [6.45, 7) is 9.85. The summed E-state index contributed by atoms with van der Waals surface area (Å²) in [6.07, 6.45) is 3.98. The number of amidine groups is 3. The molecule has 32 heavy (non-hydrogen) atoms. The first-order valence-corrected chi connectivity index (χ1v) is 12.0. The van der Waals surface area contributed by atoms with Gasteiger partial charge < -0.3 is 19.7 Å². The quantitative estimate of drug-likeness (QED) is 0.563. The molecule has 0 saturated carbocycles. The third-order valence-corrected chi connectivity index (χ3v) is 6.82. The molecule has 4 rings (SSSR count). The highest BCUT2D eigenvalue weighted by molar-refractivity contribution is 8.18. The van der Waals surface area contributed by atoms with Gasteiger partial charge in [0, 0.05) is 18.7 Å². The van der Waals surface area contributed by atoms with E-state index in [2.05, 4.69) is 35.1 Å². The van der Waals surface area contributed by atoms with Crippen molar-refractivity contribution < 1.29 is 9.47 Å². The number of aliphatic imine (C=N–C) groups is 1. The topological polar surface area (TPSA) is 93.8 Å². The Balaban J connectivity index is 0.00000289. The number of fused-ring (bicyclic) bond motifs is 1. The van der Waals surface area contributed by atoms with Gasteiger partial charge in [0.1, 0.15) is 11.6 Å². The summed E-state index contributed by atoms with van der Waals surface area (Å²) in [5, 5.41) is 21.4. The van der Waals surface area contributed by atoms with Gasteiger partial charge in [0.15, 0.2) is 11.0 Å². The fourth-order valence-corrected chi connectivity index (χ4v) is 5.39. The molecule has 0 bridgehead atoms. The van der Waals surface area contributed by atoms with Crippen LogP contribution in [0.4, 0.5) is 0 Å². The minimum Gasteiger partial charge on any atom is -0.493 e. The van der Waals surface area contributed by atoms with Crippen molar-refractivity contribution in [2.75, 3.05) is 32.9 Å². The zero-order chi connectivity index (χ0) is 22.0. The van der Waals surface area contributed by atoms with Crippen molar-refractivity contribution in [3.8, 4) is 5.75 Å². The number of rotatable bonds is 6. The number of aryl methyl sites for hydroxylation is 1. The Morgan fingerprint density at radius 1 is 1.12 bits per heavy atom. The predicted molar refractivity (Wildman–Crippen MR) is 135 cm³/mol. The average Bonchev–Trinajstić information content (AvgIpc) is 3.32. The molecule has 3 aliphatic heterocycles. The van der Waals surface area contributed by atoms with Gasteiger partial charge in [0.2, 0.25) is 0 Å². The van der Waals surface area contributed by atoms with Gasteiger partial charge in [-0.05, 0) is 48.7 Å². The maximum atomic E-state index is 8.69. The van der Waals surface area contributed by atoms with Crippen molar-refractivity contribution in [2.24, 2.45) is 4.99 Å². The SMILES string of the molecule is CCCc1cc(OCC)c2c(c1CCC)/C(=C1\SC(N3CCOCC3)=NC1=N)NC2=N.Cl.